The maximum Gasteiger partial charge on any atom is 1.00 e. The first-order valence-electron chi connectivity index (χ1n) is 5.95. The summed E-state index contributed by atoms with van der Waals surface area (Å²) in [6.07, 6.45) is 0. The molecule has 2 aromatic heterocycles. The number of para-hydroxylation sites is 2. The van der Waals surface area contributed by atoms with Crippen molar-refractivity contribution in [3.8, 4) is 0 Å². The van der Waals surface area contributed by atoms with E-state index >= 15 is 0 Å². The van der Waals surface area contributed by atoms with Crippen molar-refractivity contribution in [3.63, 3.8) is 0 Å². The Labute approximate surface area is 123 Å². The predicted molar refractivity (Wildman–Crippen MR) is 74.7 cm³/mol. The van der Waals surface area contributed by atoms with E-state index in [9.17, 15) is 0 Å². The molecule has 4 aromatic rings. The molecule has 0 aliphatic carbocycles. The minimum Gasteiger partial charge on any atom is -0.340 e. The van der Waals surface area contributed by atoms with E-state index < -0.39 is 0 Å². The molecule has 0 saturated carbocycles. The van der Waals surface area contributed by atoms with Gasteiger partial charge in [-0.2, -0.15) is 0 Å². The van der Waals surface area contributed by atoms with Crippen LogP contribution < -0.4 is 18.9 Å². The van der Waals surface area contributed by atoms with E-state index in [-0.39, 0.29) is 18.9 Å². The second-order valence-corrected chi connectivity index (χ2v) is 4.47. The number of fused-ring (bicyclic) bond motifs is 5. The molecule has 19 heavy (non-hydrogen) atoms. The maximum atomic E-state index is 4.58. The van der Waals surface area contributed by atoms with Crippen LogP contribution in [-0.2, 0) is 0 Å². The molecule has 2 nitrogen and oxygen atoms in total. The van der Waals surface area contributed by atoms with Gasteiger partial charge < -0.3 is 11.3 Å². The van der Waals surface area contributed by atoms with E-state index in [1.807, 2.05) is 24.3 Å². The average molecular weight is 238 g/mol. The van der Waals surface area contributed by atoms with Crippen molar-refractivity contribution in [2.45, 2.75) is 0 Å². The maximum absolute atomic E-state index is 4.58. The Kier molecular flexibility index (Phi) is 2.78. The van der Waals surface area contributed by atoms with E-state index in [2.05, 4.69) is 46.6 Å². The van der Waals surface area contributed by atoms with Gasteiger partial charge in [-0.15, -0.1) is 0 Å². The molecule has 0 aliphatic rings. The molecule has 3 heteroatoms. The van der Waals surface area contributed by atoms with Gasteiger partial charge in [0.05, 0.1) is 16.6 Å². The molecule has 0 atom stereocenters. The molecular weight excluding hydrogens is 227 g/mol. The smallest absolute Gasteiger partial charge is 0.340 e. The van der Waals surface area contributed by atoms with E-state index in [1.54, 1.807) is 0 Å². The molecule has 2 heterocycles. The fourth-order valence-electron chi connectivity index (χ4n) is 2.61. The van der Waals surface area contributed by atoms with Crippen molar-refractivity contribution in [2.24, 2.45) is 0 Å². The Hall–Kier alpha value is -1.88. The first-order chi connectivity index (χ1) is 8.84. The van der Waals surface area contributed by atoms with Gasteiger partial charge in [0.1, 0.15) is 0 Å². The zero-order chi connectivity index (χ0) is 12.1. The molecule has 0 fully saturated rings. The van der Waals surface area contributed by atoms with Crippen molar-refractivity contribution in [1.29, 1.82) is 0 Å². The van der Waals surface area contributed by atoms with Gasteiger partial charge in [0.2, 0.25) is 0 Å². The summed E-state index contributed by atoms with van der Waals surface area (Å²) in [5.74, 6) is 0.782. The molecule has 4 rings (SSSR count). The van der Waals surface area contributed by atoms with Crippen molar-refractivity contribution in [1.82, 2.24) is 9.38 Å². The first-order valence-corrected chi connectivity index (χ1v) is 5.95. The van der Waals surface area contributed by atoms with Crippen molar-refractivity contribution in [2.75, 3.05) is 0 Å². The van der Waals surface area contributed by atoms with Crippen molar-refractivity contribution >= 4 is 27.3 Å². The van der Waals surface area contributed by atoms with E-state index in [0.29, 0.717) is 0 Å². The number of nitrogens with zero attached hydrogens (tertiary/aromatic N) is 2. The third-order valence-electron chi connectivity index (χ3n) is 3.40. The zero-order valence-electron chi connectivity index (χ0n) is 10.8. The fourth-order valence-corrected chi connectivity index (χ4v) is 2.61. The number of hydrogen-bond donors (Lipinski definition) is 0. The standard InChI is InChI=1S/C16H11N2.Li/c1-11-17-14-8-4-3-7-13(14)16-10-12-6-2-5-9-15(12)18(11)16;/h2-10H,1H2;/q-1;+1. The van der Waals surface area contributed by atoms with Crippen LogP contribution >= 0.6 is 0 Å². The van der Waals surface area contributed by atoms with Gasteiger partial charge in [-0.05, 0) is 24.0 Å². The van der Waals surface area contributed by atoms with Crippen LogP contribution in [0, 0.1) is 6.92 Å². The SMILES string of the molecule is [CH2-]c1nc2ccccc2c2cc3ccccc3n12.[Li+]. The summed E-state index contributed by atoms with van der Waals surface area (Å²) in [5, 5.41) is 2.39. The van der Waals surface area contributed by atoms with Crippen LogP contribution in [0.3, 0.4) is 0 Å². The van der Waals surface area contributed by atoms with E-state index in [4.69, 9.17) is 0 Å². The topological polar surface area (TPSA) is 17.3 Å². The van der Waals surface area contributed by atoms with Gasteiger partial charge in [-0.25, -0.2) is 0 Å². The van der Waals surface area contributed by atoms with Gasteiger partial charge in [0.25, 0.3) is 0 Å². The Morgan fingerprint density at radius 1 is 0.895 bits per heavy atom. The third kappa shape index (κ3) is 1.65. The summed E-state index contributed by atoms with van der Waals surface area (Å²) in [5.41, 5.74) is 3.33. The molecule has 0 aliphatic heterocycles. The molecular formula is C16H11LiN2. The summed E-state index contributed by atoms with van der Waals surface area (Å²) < 4.78 is 2.12. The van der Waals surface area contributed by atoms with Crippen LogP contribution in [0.25, 0.3) is 27.3 Å². The van der Waals surface area contributed by atoms with Crippen LogP contribution in [0.4, 0.5) is 0 Å². The molecule has 86 valence electrons. The molecule has 0 unspecified atom stereocenters. The van der Waals surface area contributed by atoms with Crippen LogP contribution in [0.2, 0.25) is 0 Å². The van der Waals surface area contributed by atoms with Crippen molar-refractivity contribution in [3.05, 3.63) is 67.3 Å². The van der Waals surface area contributed by atoms with Gasteiger partial charge >= 0.3 is 18.9 Å². The largest absolute Gasteiger partial charge is 1.00 e. The summed E-state index contributed by atoms with van der Waals surface area (Å²) in [4.78, 5) is 4.58. The molecule has 0 bridgehead atoms. The average Bonchev–Trinajstić information content (AvgIpc) is 2.79. The fraction of sp³-hybridized carbons (Fsp3) is 0. The molecule has 0 N–H and O–H groups in total. The predicted octanol–water partition coefficient (Wildman–Crippen LogP) is 0.827. The Morgan fingerprint density at radius 3 is 2.53 bits per heavy atom. The van der Waals surface area contributed by atoms with E-state index in [1.165, 1.54) is 16.3 Å². The van der Waals surface area contributed by atoms with Gasteiger partial charge in [0, 0.05) is 10.8 Å². The Morgan fingerprint density at radius 2 is 1.63 bits per heavy atom. The summed E-state index contributed by atoms with van der Waals surface area (Å²) in [6.45, 7) is 4.07. The normalized spacial score (nSPS) is 10.9. The Balaban J connectivity index is 0.00000110. The zero-order valence-corrected chi connectivity index (χ0v) is 10.8. The van der Waals surface area contributed by atoms with Crippen LogP contribution in [0.1, 0.15) is 5.82 Å². The molecule has 2 aromatic carbocycles. The minimum absolute atomic E-state index is 0. The summed E-state index contributed by atoms with van der Waals surface area (Å²) >= 11 is 0. The van der Waals surface area contributed by atoms with E-state index in [0.717, 1.165) is 16.9 Å². The molecule has 0 saturated heterocycles. The third-order valence-corrected chi connectivity index (χ3v) is 3.40. The van der Waals surface area contributed by atoms with Crippen molar-refractivity contribution < 1.29 is 18.9 Å². The number of hydrogen-bond acceptors (Lipinski definition) is 1. The number of benzene rings is 2. The van der Waals surface area contributed by atoms with Gasteiger partial charge in [0.15, 0.2) is 0 Å². The van der Waals surface area contributed by atoms with Crippen LogP contribution in [0.5, 0.6) is 0 Å². The van der Waals surface area contributed by atoms with Crippen LogP contribution in [0.15, 0.2) is 54.6 Å². The first kappa shape index (κ1) is 12.2. The van der Waals surface area contributed by atoms with Crippen LogP contribution in [-0.4, -0.2) is 9.38 Å². The quantitative estimate of drug-likeness (QED) is 0.327. The molecule has 0 spiro atoms. The summed E-state index contributed by atoms with van der Waals surface area (Å²) in [6, 6.07) is 18.7. The monoisotopic (exact) mass is 238 g/mol. The van der Waals surface area contributed by atoms with Gasteiger partial charge in [-0.3, -0.25) is 4.98 Å². The second-order valence-electron chi connectivity index (χ2n) is 4.47. The number of rotatable bonds is 0. The molecule has 0 amide bonds. The Bertz CT molecular complexity index is 893. The van der Waals surface area contributed by atoms with Gasteiger partial charge in [-0.1, -0.05) is 36.4 Å². The second kappa shape index (κ2) is 4.34. The molecule has 0 radical (unpaired) electrons. The minimum atomic E-state index is 0. The summed E-state index contributed by atoms with van der Waals surface area (Å²) in [7, 11) is 0. The number of aromatic nitrogens is 2.